The maximum absolute atomic E-state index is 4.63. The number of hydrogen-bond donors (Lipinski definition) is 3. The predicted molar refractivity (Wildman–Crippen MR) is 438 cm³/mol. The molecular weight excluding hydrogens is 1320 g/mol. The average Bonchev–Trinajstić information content (AvgIpc) is 1.54. The Labute approximate surface area is 639 Å². The number of fused-ring (bicyclic) bond motifs is 7. The number of benzene rings is 2. The van der Waals surface area contributed by atoms with E-state index in [-0.39, 0.29) is 0 Å². The van der Waals surface area contributed by atoms with Crippen LogP contribution in [0.15, 0.2) is 89.7 Å². The molecule has 21 nitrogen and oxygen atoms in total. The minimum absolute atomic E-state index is 0.348. The molecule has 2 fully saturated rings. The zero-order valence-electron chi connectivity index (χ0n) is 71.0. The van der Waals surface area contributed by atoms with Crippen LogP contribution in [-0.4, -0.2) is 97.8 Å². The van der Waals surface area contributed by atoms with E-state index in [0.717, 1.165) is 65.6 Å². The third-order valence-corrected chi connectivity index (χ3v) is 21.6. The monoisotopic (exact) mass is 1460 g/mol. The van der Waals surface area contributed by atoms with Crippen molar-refractivity contribution >= 4 is 22.8 Å². The first-order valence-electron chi connectivity index (χ1n) is 40.7. The van der Waals surface area contributed by atoms with E-state index < -0.39 is 0 Å². The van der Waals surface area contributed by atoms with Crippen molar-refractivity contribution in [2.24, 2.45) is 52.4 Å². The summed E-state index contributed by atoms with van der Waals surface area (Å²) in [6.07, 6.45) is 19.4. The largest absolute Gasteiger partial charge is 0.364 e. The second-order valence-corrected chi connectivity index (χ2v) is 34.5. The molecule has 0 saturated heterocycles. The summed E-state index contributed by atoms with van der Waals surface area (Å²) in [4.78, 5) is 2.48. The van der Waals surface area contributed by atoms with Crippen LogP contribution in [0.3, 0.4) is 0 Å². The number of allylic oxidation sites excluding steroid dienone is 2. The van der Waals surface area contributed by atoms with Gasteiger partial charge in [-0.1, -0.05) is 178 Å². The van der Waals surface area contributed by atoms with Crippen LogP contribution in [0, 0.1) is 47.3 Å². The van der Waals surface area contributed by atoms with Crippen molar-refractivity contribution in [3.8, 4) is 0 Å². The Kier molecular flexibility index (Phi) is 32.0. The van der Waals surface area contributed by atoms with Gasteiger partial charge < -0.3 is 10.3 Å². The molecule has 5 atom stereocenters. The van der Waals surface area contributed by atoms with Gasteiger partial charge in [0.25, 0.3) is 0 Å². The van der Waals surface area contributed by atoms with Crippen LogP contribution in [0.5, 0.6) is 0 Å². The minimum atomic E-state index is 0.348. The number of hydrazine groups is 2. The smallest absolute Gasteiger partial charge is 0.0868 e. The Morgan fingerprint density at radius 2 is 0.991 bits per heavy atom. The first kappa shape index (κ1) is 85.7. The van der Waals surface area contributed by atoms with Gasteiger partial charge in [-0.2, -0.15) is 5.10 Å². The van der Waals surface area contributed by atoms with E-state index >= 15 is 0 Å². The fourth-order valence-electron chi connectivity index (χ4n) is 15.3. The van der Waals surface area contributed by atoms with Gasteiger partial charge in [0.15, 0.2) is 0 Å². The molecule has 0 amide bonds. The third kappa shape index (κ3) is 22.3. The number of anilines is 1. The van der Waals surface area contributed by atoms with Gasteiger partial charge in [-0.15, -0.1) is 31.0 Å². The summed E-state index contributed by atoms with van der Waals surface area (Å²) in [5.41, 5.74) is 29.2. The maximum atomic E-state index is 4.63. The van der Waals surface area contributed by atoms with E-state index in [2.05, 4.69) is 337 Å². The second kappa shape index (κ2) is 39.5. The highest BCUT2D eigenvalue weighted by Crippen LogP contribution is 2.56. The summed E-state index contributed by atoms with van der Waals surface area (Å²) in [5, 5.41) is 47.5. The van der Waals surface area contributed by atoms with Gasteiger partial charge in [-0.05, 0) is 231 Å². The first-order valence-corrected chi connectivity index (χ1v) is 40.7. The van der Waals surface area contributed by atoms with Gasteiger partial charge in [0.05, 0.1) is 58.0 Å². The molecule has 5 aromatic heterocycles. The Balaban J connectivity index is 0.000000177. The summed E-state index contributed by atoms with van der Waals surface area (Å²) in [6, 6.07) is 20.3. The molecular formula is C85H141N21. The van der Waals surface area contributed by atoms with E-state index in [1.165, 1.54) is 114 Å². The van der Waals surface area contributed by atoms with E-state index in [0.29, 0.717) is 77.8 Å². The van der Waals surface area contributed by atoms with Gasteiger partial charge in [0.2, 0.25) is 0 Å². The number of hydrogen-bond acceptors (Lipinski definition) is 16. The molecule has 3 aliphatic carbocycles. The van der Waals surface area contributed by atoms with Crippen LogP contribution in [0.4, 0.5) is 5.69 Å². The highest BCUT2D eigenvalue weighted by Gasteiger charge is 2.51. The number of aryl methyl sites for hydroxylation is 1. The molecule has 3 aliphatic heterocycles. The normalized spacial score (nSPS) is 19.0. The SMILES string of the molecule is CC(C)C1[C@H]2CCc3c(nnn3C(C)C)CC[C@@H]12.CC(C)N1NNC2=C1c1ccccc1CN(C(C)C)c1ccccc12.CC(C)c1cn(C(C)C)nn1.CC(C)c1cn(C(C)C)nn1.CC(C)c1cnnn1C(C)C.CC(C)c1cnnn1C(C)C.CC1=C2CCC(C(C)C)CCCC2C(C(C)C)=NN1. The molecule has 8 heterocycles. The Bertz CT molecular complexity index is 3680. The molecule has 3 N–H and O–H groups in total. The lowest BCUT2D eigenvalue weighted by molar-refractivity contribution is 0.237. The zero-order chi connectivity index (χ0) is 78.1. The molecule has 7 aromatic rings. The lowest BCUT2D eigenvalue weighted by Crippen LogP contribution is -2.41. The van der Waals surface area contributed by atoms with Gasteiger partial charge in [-0.3, -0.25) is 10.4 Å². The predicted octanol–water partition coefficient (Wildman–Crippen LogP) is 19.9. The van der Waals surface area contributed by atoms with E-state index in [9.17, 15) is 0 Å². The Morgan fingerprint density at radius 3 is 1.44 bits per heavy atom. The summed E-state index contributed by atoms with van der Waals surface area (Å²) in [6.45, 7) is 64.4. The lowest BCUT2D eigenvalue weighted by Gasteiger charge is -2.34. The van der Waals surface area contributed by atoms with Crippen molar-refractivity contribution in [1.29, 1.82) is 0 Å². The summed E-state index contributed by atoms with van der Waals surface area (Å²) >= 11 is 0. The van der Waals surface area contributed by atoms with Crippen LogP contribution < -0.4 is 21.3 Å². The quantitative estimate of drug-likeness (QED) is 0.0925. The van der Waals surface area contributed by atoms with Gasteiger partial charge in [-0.25, -0.2) is 23.4 Å². The molecule has 3 unspecified atom stereocenters. The first-order chi connectivity index (χ1) is 50.1. The molecule has 2 saturated carbocycles. The fourth-order valence-corrected chi connectivity index (χ4v) is 15.3. The summed E-state index contributed by atoms with van der Waals surface area (Å²) < 4.78 is 9.84. The van der Waals surface area contributed by atoms with Crippen molar-refractivity contribution in [1.82, 2.24) is 96.4 Å². The molecule has 0 radical (unpaired) electrons. The van der Waals surface area contributed by atoms with E-state index in [1.807, 2.05) is 43.5 Å². The lowest BCUT2D eigenvalue weighted by atomic mass is 9.74. The number of nitrogens with zero attached hydrogens (tertiary/aromatic N) is 18. The number of hydrazone groups is 1. The Hall–Kier alpha value is -7.55. The topological polar surface area (TPSA) is 208 Å². The van der Waals surface area contributed by atoms with Crippen molar-refractivity contribution in [2.75, 3.05) is 4.90 Å². The highest BCUT2D eigenvalue weighted by atomic mass is 15.7. The molecule has 0 spiro atoms. The van der Waals surface area contributed by atoms with Crippen molar-refractivity contribution < 1.29 is 0 Å². The van der Waals surface area contributed by atoms with Crippen LogP contribution in [0.1, 0.15) is 350 Å². The zero-order valence-corrected chi connectivity index (χ0v) is 71.0. The van der Waals surface area contributed by atoms with Crippen LogP contribution in [0.2, 0.25) is 0 Å². The third-order valence-electron chi connectivity index (χ3n) is 21.6. The van der Waals surface area contributed by atoms with Crippen LogP contribution in [-0.2, 0) is 19.4 Å². The van der Waals surface area contributed by atoms with Gasteiger partial charge in [0, 0.05) is 95.4 Å². The summed E-state index contributed by atoms with van der Waals surface area (Å²) in [7, 11) is 0. The fraction of sp³-hybridized carbons (Fsp3) is 0.682. The minimum Gasteiger partial charge on any atom is -0.364 e. The van der Waals surface area contributed by atoms with Gasteiger partial charge >= 0.3 is 0 Å². The standard InChI is InChI=1S/C21H26N4.C17H30N2.C15H25N3.4C8H15N3/c1-14(2)24-13-16-9-5-6-10-17(16)21-20(22-23-25(21)15(3)4)18-11-7-8-12-19(18)24;1-11(2)14-7-6-8-16-15(10-9-14)13(5)18-19-17(16)12(3)4;1-9(2)15-11-5-7-13-14(8-6-12(11)15)18(10(3)4)17-16-13;2*1-6(2)8-5-11(7(3)4)10-9-8;2*1-6(2)8-5-9-10-11(8)7(3)4/h5-12,14-15,22-23H,13H2,1-4H3;11-12,14,16,18H,6-10H2,1-5H3;9-12,15H,5-8H2,1-4H3;4*5-7H,1-4H3/t;;11-,12+,15?;;;;/m..1..../s1. The molecule has 6 aliphatic rings. The summed E-state index contributed by atoms with van der Waals surface area (Å²) in [5.74, 6) is 8.66. The number of para-hydroxylation sites is 1. The van der Waals surface area contributed by atoms with E-state index in [1.54, 1.807) is 5.57 Å². The van der Waals surface area contributed by atoms with Gasteiger partial charge in [0.1, 0.15) is 0 Å². The highest BCUT2D eigenvalue weighted by molar-refractivity contribution is 5.95. The maximum Gasteiger partial charge on any atom is 0.0868 e. The molecule has 0 bridgehead atoms. The average molecular weight is 1460 g/mol. The molecule has 2 aromatic carbocycles. The number of aromatic nitrogens is 15. The molecule has 21 heteroatoms. The number of nitrogens with one attached hydrogen (secondary N) is 3. The van der Waals surface area contributed by atoms with Crippen molar-refractivity contribution in [2.45, 2.75) is 331 Å². The molecule has 586 valence electrons. The van der Waals surface area contributed by atoms with Crippen LogP contribution >= 0.6 is 0 Å². The second-order valence-electron chi connectivity index (χ2n) is 34.5. The van der Waals surface area contributed by atoms with Crippen molar-refractivity contribution in [3.63, 3.8) is 0 Å². The molecule has 13 rings (SSSR count). The van der Waals surface area contributed by atoms with Crippen molar-refractivity contribution in [3.05, 3.63) is 135 Å². The van der Waals surface area contributed by atoms with E-state index in [4.69, 9.17) is 0 Å². The number of rotatable bonds is 14. The Morgan fingerprint density at radius 1 is 0.462 bits per heavy atom. The molecule has 106 heavy (non-hydrogen) atoms. The van der Waals surface area contributed by atoms with Crippen LogP contribution in [0.25, 0.3) is 11.4 Å².